The van der Waals surface area contributed by atoms with Gasteiger partial charge in [0.05, 0.1) is 19.8 Å². The van der Waals surface area contributed by atoms with Gasteiger partial charge < -0.3 is 42.9 Å². The van der Waals surface area contributed by atoms with Crippen LogP contribution in [0.5, 0.6) is 0 Å². The van der Waals surface area contributed by atoms with Crippen LogP contribution >= 0.6 is 23.5 Å². The molecule has 0 rings (SSSR count). The Hall–Kier alpha value is 0.862. The third-order valence-corrected chi connectivity index (χ3v) is 2.63. The van der Waals surface area contributed by atoms with Crippen molar-refractivity contribution in [3.8, 4) is 0 Å². The maximum atomic E-state index is 9.59. The zero-order valence-electron chi connectivity index (χ0n) is 12.1. The molecule has 22 heavy (non-hydrogen) atoms. The quantitative estimate of drug-likeness (QED) is 0.328. The molecule has 12 nitrogen and oxygen atoms in total. The molecule has 0 aliphatic carbocycles. The molecule has 0 saturated carbocycles. The van der Waals surface area contributed by atoms with Gasteiger partial charge in [-0.2, -0.15) is 0 Å². The summed E-state index contributed by atoms with van der Waals surface area (Å²) in [5.41, 5.74) is 0. The van der Waals surface area contributed by atoms with Crippen molar-refractivity contribution in [1.29, 1.82) is 0 Å². The SMILES string of the molecule is CCOP(=O)([O-])O.CCOP(=O)([O-])O.CCOP(=O)([O-])O.[Al+3]. The van der Waals surface area contributed by atoms with Crippen molar-refractivity contribution < 1.29 is 56.6 Å². The largest absolute Gasteiger partial charge is 3.00 e. The van der Waals surface area contributed by atoms with Crippen molar-refractivity contribution in [2.45, 2.75) is 20.8 Å². The third-order valence-electron chi connectivity index (χ3n) is 0.877. The Morgan fingerprint density at radius 2 is 0.818 bits per heavy atom. The molecule has 0 radical (unpaired) electrons. The van der Waals surface area contributed by atoms with Crippen LogP contribution in [-0.4, -0.2) is 51.9 Å². The second-order valence-electron chi connectivity index (χ2n) is 2.66. The molecule has 0 aromatic heterocycles. The minimum Gasteiger partial charge on any atom is -0.756 e. The van der Waals surface area contributed by atoms with E-state index < -0.39 is 23.5 Å². The van der Waals surface area contributed by atoms with Crippen molar-refractivity contribution in [2.75, 3.05) is 19.8 Å². The Balaban J connectivity index is -0.000000108. The summed E-state index contributed by atoms with van der Waals surface area (Å²) >= 11 is 0. The number of rotatable bonds is 6. The van der Waals surface area contributed by atoms with E-state index >= 15 is 0 Å². The molecule has 0 bridgehead atoms. The maximum Gasteiger partial charge on any atom is 3.00 e. The minimum absolute atomic E-state index is 0. The molecule has 0 heterocycles. The molecule has 3 unspecified atom stereocenters. The molecule has 0 fully saturated rings. The van der Waals surface area contributed by atoms with E-state index in [4.69, 9.17) is 14.7 Å². The van der Waals surface area contributed by atoms with Crippen molar-refractivity contribution in [2.24, 2.45) is 0 Å². The van der Waals surface area contributed by atoms with Crippen LogP contribution in [0.15, 0.2) is 0 Å². The number of phosphoric acid groups is 3. The van der Waals surface area contributed by atoms with Crippen LogP contribution in [0.1, 0.15) is 20.8 Å². The van der Waals surface area contributed by atoms with Crippen LogP contribution in [-0.2, 0) is 27.3 Å². The monoisotopic (exact) mass is 402 g/mol. The smallest absolute Gasteiger partial charge is 0.756 e. The molecule has 0 amide bonds. The third kappa shape index (κ3) is 49.7. The second-order valence-corrected chi connectivity index (χ2v) is 6.24. The molecule has 0 aliphatic rings. The Morgan fingerprint density at radius 3 is 0.818 bits per heavy atom. The first-order valence-corrected chi connectivity index (χ1v) is 9.72. The minimum atomic E-state index is -4.42. The summed E-state index contributed by atoms with van der Waals surface area (Å²) < 4.78 is 40.1. The first-order chi connectivity index (χ1) is 9.18. The molecular weight excluding hydrogens is 384 g/mol. The van der Waals surface area contributed by atoms with E-state index in [1.807, 2.05) is 0 Å². The Morgan fingerprint density at radius 1 is 0.682 bits per heavy atom. The predicted molar refractivity (Wildman–Crippen MR) is 70.1 cm³/mol. The number of hydrogen-bond acceptors (Lipinski definition) is 9. The fraction of sp³-hybridized carbons (Fsp3) is 1.00. The van der Waals surface area contributed by atoms with Crippen molar-refractivity contribution in [3.05, 3.63) is 0 Å². The molecule has 0 spiro atoms. The standard InChI is InChI=1S/3C2H7O4P.Al/c3*1-2-6-7(3,4)5;/h3*2H2,1H3,(H2,3,4,5);/q;;;+3/p-3. The van der Waals surface area contributed by atoms with Gasteiger partial charge in [-0.15, -0.1) is 0 Å². The summed E-state index contributed by atoms with van der Waals surface area (Å²) in [6.07, 6.45) is 0. The van der Waals surface area contributed by atoms with Crippen LogP contribution in [0.3, 0.4) is 0 Å². The van der Waals surface area contributed by atoms with Gasteiger partial charge in [-0.1, -0.05) is 0 Å². The van der Waals surface area contributed by atoms with Gasteiger partial charge >= 0.3 is 17.4 Å². The molecule has 16 heteroatoms. The topological polar surface area (TPSA) is 209 Å². The number of hydrogen-bond donors (Lipinski definition) is 3. The van der Waals surface area contributed by atoms with Crippen molar-refractivity contribution in [3.63, 3.8) is 0 Å². The van der Waals surface area contributed by atoms with E-state index in [-0.39, 0.29) is 37.2 Å². The van der Waals surface area contributed by atoms with Gasteiger partial charge in [0.15, 0.2) is 0 Å². The van der Waals surface area contributed by atoms with E-state index in [9.17, 15) is 28.4 Å². The summed E-state index contributed by atoms with van der Waals surface area (Å²) in [5.74, 6) is 0. The molecule has 0 aliphatic heterocycles. The Labute approximate surface area is 138 Å². The van der Waals surface area contributed by atoms with Crippen LogP contribution in [0.25, 0.3) is 0 Å². The van der Waals surface area contributed by atoms with Crippen LogP contribution in [0.4, 0.5) is 0 Å². The first-order valence-electron chi connectivity index (χ1n) is 5.23. The van der Waals surface area contributed by atoms with Gasteiger partial charge in [0.1, 0.15) is 0 Å². The summed E-state index contributed by atoms with van der Waals surface area (Å²) in [6, 6.07) is 0. The molecule has 0 saturated heterocycles. The fourth-order valence-electron chi connectivity index (χ4n) is 0.489. The first kappa shape index (κ1) is 30.7. The van der Waals surface area contributed by atoms with Crippen molar-refractivity contribution >= 4 is 40.8 Å². The Kier molecular flexibility index (Phi) is 21.5. The van der Waals surface area contributed by atoms with E-state index in [2.05, 4.69) is 13.6 Å². The average molecular weight is 402 g/mol. The van der Waals surface area contributed by atoms with Crippen LogP contribution in [0, 0.1) is 0 Å². The van der Waals surface area contributed by atoms with E-state index in [0.29, 0.717) is 0 Å². The van der Waals surface area contributed by atoms with Gasteiger partial charge in [-0.25, -0.2) is 0 Å². The molecule has 132 valence electrons. The molecule has 0 aromatic carbocycles. The number of phosphoric ester groups is 3. The van der Waals surface area contributed by atoms with Crippen molar-refractivity contribution in [1.82, 2.24) is 0 Å². The molecule has 0 aromatic rings. The van der Waals surface area contributed by atoms with Gasteiger partial charge in [0.25, 0.3) is 23.5 Å². The van der Waals surface area contributed by atoms with Crippen LogP contribution < -0.4 is 14.7 Å². The predicted octanol–water partition coefficient (Wildman–Crippen LogP) is -1.93. The average Bonchev–Trinajstić information content (AvgIpc) is 2.12. The zero-order valence-corrected chi connectivity index (χ0v) is 15.9. The maximum absolute atomic E-state index is 9.59. The molecule has 3 N–H and O–H groups in total. The summed E-state index contributed by atoms with van der Waals surface area (Å²) in [7, 11) is -13.2. The van der Waals surface area contributed by atoms with E-state index in [1.54, 1.807) is 0 Å². The normalized spacial score (nSPS) is 17.9. The second kappa shape index (κ2) is 15.4. The molecular formula is C6H18AlO12P3. The molecule has 3 atom stereocenters. The van der Waals surface area contributed by atoms with E-state index in [1.165, 1.54) is 20.8 Å². The summed E-state index contributed by atoms with van der Waals surface area (Å²) in [5, 5.41) is 0. The van der Waals surface area contributed by atoms with Crippen LogP contribution in [0.2, 0.25) is 0 Å². The Bertz CT molecular complexity index is 314. The van der Waals surface area contributed by atoms with Gasteiger partial charge in [0.2, 0.25) is 0 Å². The van der Waals surface area contributed by atoms with Gasteiger partial charge in [0, 0.05) is 0 Å². The summed E-state index contributed by atoms with van der Waals surface area (Å²) in [6.45, 7) is 4.37. The summed E-state index contributed by atoms with van der Waals surface area (Å²) in [4.78, 5) is 52.2. The van der Waals surface area contributed by atoms with E-state index in [0.717, 1.165) is 0 Å². The van der Waals surface area contributed by atoms with Gasteiger partial charge in [-0.3, -0.25) is 13.7 Å². The zero-order chi connectivity index (χ0) is 17.7. The van der Waals surface area contributed by atoms with Gasteiger partial charge in [-0.05, 0) is 20.8 Å². The fourth-order valence-corrected chi connectivity index (χ4v) is 1.47.